The molecule has 1 aromatic heterocycles. The highest BCUT2D eigenvalue weighted by atomic mass is 28.4. The molecular weight excluding hydrogens is 485 g/mol. The Morgan fingerprint density at radius 3 is 1.95 bits per heavy atom. The van der Waals surface area contributed by atoms with Gasteiger partial charge in [-0.1, -0.05) is 111 Å². The fourth-order valence-corrected chi connectivity index (χ4v) is 9.58. The van der Waals surface area contributed by atoms with E-state index < -0.39 is 8.07 Å². The van der Waals surface area contributed by atoms with E-state index in [1.807, 2.05) is 12.4 Å². The van der Waals surface area contributed by atoms with Crippen LogP contribution in [0.25, 0.3) is 11.4 Å². The topological polar surface area (TPSA) is 35.0 Å². The summed E-state index contributed by atoms with van der Waals surface area (Å²) in [6.45, 7) is 15.7. The van der Waals surface area contributed by atoms with E-state index in [4.69, 9.17) is 4.74 Å². The number of unbranched alkanes of at least 4 members (excludes halogenated alkanes) is 10. The van der Waals surface area contributed by atoms with Gasteiger partial charge in [-0.25, -0.2) is 9.97 Å². The zero-order valence-corrected chi connectivity index (χ0v) is 27.5. The third-order valence-electron chi connectivity index (χ3n) is 8.38. The molecule has 0 fully saturated rings. The van der Waals surface area contributed by atoms with Crippen LogP contribution in [0.5, 0.6) is 5.75 Å². The Bertz CT molecular complexity index is 845. The minimum atomic E-state index is -1.01. The summed E-state index contributed by atoms with van der Waals surface area (Å²) in [5.74, 6) is 1.74. The first-order valence-corrected chi connectivity index (χ1v) is 20.5. The zero-order valence-electron chi connectivity index (χ0n) is 25.1. The highest BCUT2D eigenvalue weighted by molar-refractivity contribution is 6.87. The maximum atomic E-state index is 5.99. The molecule has 3 nitrogen and oxygen atoms in total. The predicted octanol–water partition coefficient (Wildman–Crippen LogP) is 9.43. The summed E-state index contributed by atoms with van der Waals surface area (Å²) in [5, 5.41) is 0. The van der Waals surface area contributed by atoms with Crippen molar-refractivity contribution in [1.29, 1.82) is 0 Å². The minimum absolute atomic E-state index is 0.0357. The molecule has 0 radical (unpaired) electrons. The smallest absolute Gasteiger partial charge is 0.159 e. The van der Waals surface area contributed by atoms with Gasteiger partial charge < -0.3 is 4.74 Å². The van der Waals surface area contributed by atoms with Crippen molar-refractivity contribution in [1.82, 2.24) is 9.97 Å². The second kappa shape index (κ2) is 17.2. The first kappa shape index (κ1) is 31.7. The summed E-state index contributed by atoms with van der Waals surface area (Å²) in [7, 11) is -0.975. The van der Waals surface area contributed by atoms with Gasteiger partial charge in [0.15, 0.2) is 5.82 Å². The number of hydrogen-bond donors (Lipinski definition) is 0. The molecule has 37 heavy (non-hydrogen) atoms. The largest absolute Gasteiger partial charge is 0.494 e. The molecule has 208 valence electrons. The lowest BCUT2D eigenvalue weighted by atomic mass is 10.1. The molecule has 5 heteroatoms. The Balaban J connectivity index is 1.58. The Labute approximate surface area is 232 Å². The Morgan fingerprint density at radius 2 is 1.32 bits per heavy atom. The lowest BCUT2D eigenvalue weighted by Crippen LogP contribution is -2.39. The average Bonchev–Trinajstić information content (AvgIpc) is 2.87. The molecule has 2 rings (SSSR count). The first-order chi connectivity index (χ1) is 17.7. The van der Waals surface area contributed by atoms with Crippen molar-refractivity contribution < 1.29 is 4.74 Å². The second-order valence-corrected chi connectivity index (χ2v) is 22.2. The van der Waals surface area contributed by atoms with E-state index in [9.17, 15) is 0 Å². The molecule has 0 bridgehead atoms. The number of benzene rings is 1. The molecule has 0 aliphatic rings. The summed E-state index contributed by atoms with van der Waals surface area (Å²) in [5.41, 5.74) is 2.30. The summed E-state index contributed by atoms with van der Waals surface area (Å²) < 4.78 is 6.67. The lowest BCUT2D eigenvalue weighted by molar-refractivity contribution is 0.305. The quantitative estimate of drug-likeness (QED) is 0.124. The summed E-state index contributed by atoms with van der Waals surface area (Å²) in [4.78, 5) is 9.24. The molecule has 0 amide bonds. The van der Waals surface area contributed by atoms with Crippen LogP contribution in [0.1, 0.15) is 103 Å². The molecule has 0 unspecified atom stereocenters. The van der Waals surface area contributed by atoms with Crippen LogP contribution in [0, 0.1) is 0 Å². The molecule has 0 N–H and O–H groups in total. The fraction of sp³-hybridized carbons (Fsp3) is 0.688. The van der Waals surface area contributed by atoms with Gasteiger partial charge in [0.05, 0.1) is 6.61 Å². The Hall–Kier alpha value is -1.47. The minimum Gasteiger partial charge on any atom is -0.494 e. The van der Waals surface area contributed by atoms with Crippen LogP contribution in [0.2, 0.25) is 30.3 Å². The van der Waals surface area contributed by atoms with E-state index in [2.05, 4.69) is 74.6 Å². The standard InChI is InChI=1S/C32H56N2OSi2/c1-7-8-9-10-11-12-13-16-19-28-26-33-31(34-27-28)29-20-22-30(23-21-29)35-24-17-14-15-18-25-36-32(2,3)37(4,5)6/h20-23,26-27H,7-19,24-25,36H2,1-6H3. The van der Waals surface area contributed by atoms with Crippen LogP contribution in [0.4, 0.5) is 0 Å². The zero-order chi connectivity index (χ0) is 27.0. The van der Waals surface area contributed by atoms with Crippen molar-refractivity contribution in [2.45, 2.75) is 135 Å². The highest BCUT2D eigenvalue weighted by Crippen LogP contribution is 2.36. The summed E-state index contributed by atoms with van der Waals surface area (Å²) in [6, 6.07) is 9.76. The maximum absolute atomic E-state index is 5.99. The average molecular weight is 541 g/mol. The molecule has 0 aliphatic heterocycles. The van der Waals surface area contributed by atoms with E-state index in [1.54, 1.807) is 0 Å². The maximum Gasteiger partial charge on any atom is 0.159 e. The summed E-state index contributed by atoms with van der Waals surface area (Å²) >= 11 is 0. The highest BCUT2D eigenvalue weighted by Gasteiger charge is 2.33. The van der Waals surface area contributed by atoms with Gasteiger partial charge in [0.2, 0.25) is 0 Å². The predicted molar refractivity (Wildman–Crippen MR) is 168 cm³/mol. The number of aryl methyl sites for hydroxylation is 1. The van der Waals surface area contributed by atoms with Crippen LogP contribution in [-0.2, 0) is 6.42 Å². The van der Waals surface area contributed by atoms with Crippen LogP contribution in [0.3, 0.4) is 0 Å². The molecule has 1 aromatic carbocycles. The summed E-state index contributed by atoms with van der Waals surface area (Å²) in [6.07, 6.45) is 21.1. The van der Waals surface area contributed by atoms with E-state index in [0.29, 0.717) is 4.66 Å². The molecule has 0 saturated carbocycles. The Kier molecular flexibility index (Phi) is 14.7. The SMILES string of the molecule is CCCCCCCCCCc1cnc(-c2ccc(OCCCCCC[SiH2]C(C)(C)[Si](C)(C)C)cc2)nc1. The third-order valence-corrected chi connectivity index (χ3v) is 18.5. The van der Waals surface area contributed by atoms with Gasteiger partial charge in [0, 0.05) is 35.6 Å². The van der Waals surface area contributed by atoms with Crippen LogP contribution in [-0.4, -0.2) is 34.2 Å². The lowest BCUT2D eigenvalue weighted by Gasteiger charge is -2.37. The van der Waals surface area contributed by atoms with Crippen LogP contribution in [0.15, 0.2) is 36.7 Å². The van der Waals surface area contributed by atoms with E-state index in [0.717, 1.165) is 36.6 Å². The number of ether oxygens (including phenoxy) is 1. The van der Waals surface area contributed by atoms with Gasteiger partial charge in [-0.3, -0.25) is 0 Å². The van der Waals surface area contributed by atoms with Crippen LogP contribution >= 0.6 is 0 Å². The molecular formula is C32H56N2OSi2. The number of rotatable bonds is 20. The van der Waals surface area contributed by atoms with E-state index >= 15 is 0 Å². The first-order valence-electron chi connectivity index (χ1n) is 15.3. The van der Waals surface area contributed by atoms with Gasteiger partial charge in [0.1, 0.15) is 5.75 Å². The van der Waals surface area contributed by atoms with Crippen molar-refractivity contribution >= 4 is 17.6 Å². The van der Waals surface area contributed by atoms with Crippen molar-refractivity contribution in [2.75, 3.05) is 6.61 Å². The number of hydrogen-bond acceptors (Lipinski definition) is 3. The Morgan fingerprint density at radius 1 is 0.757 bits per heavy atom. The molecule has 1 heterocycles. The molecule has 0 aliphatic carbocycles. The van der Waals surface area contributed by atoms with Crippen molar-refractivity contribution in [3.05, 3.63) is 42.2 Å². The molecule has 0 spiro atoms. The normalized spacial score (nSPS) is 12.5. The van der Waals surface area contributed by atoms with Gasteiger partial charge in [-0.05, 0) is 53.8 Å². The second-order valence-electron chi connectivity index (χ2n) is 12.7. The van der Waals surface area contributed by atoms with Gasteiger partial charge in [0.25, 0.3) is 0 Å². The van der Waals surface area contributed by atoms with Crippen molar-refractivity contribution in [3.8, 4) is 17.1 Å². The molecule has 2 aromatic rings. The van der Waals surface area contributed by atoms with Gasteiger partial charge in [-0.2, -0.15) is 0 Å². The molecule has 0 atom stereocenters. The van der Waals surface area contributed by atoms with E-state index in [-0.39, 0.29) is 9.52 Å². The number of nitrogens with zero attached hydrogens (tertiary/aromatic N) is 2. The van der Waals surface area contributed by atoms with Gasteiger partial charge in [-0.15, -0.1) is 0 Å². The molecule has 0 saturated heterocycles. The fourth-order valence-electron chi connectivity index (χ4n) is 4.56. The van der Waals surface area contributed by atoms with Crippen molar-refractivity contribution in [3.63, 3.8) is 0 Å². The monoisotopic (exact) mass is 540 g/mol. The number of aromatic nitrogens is 2. The third kappa shape index (κ3) is 12.8. The van der Waals surface area contributed by atoms with Crippen LogP contribution < -0.4 is 4.74 Å². The van der Waals surface area contributed by atoms with Gasteiger partial charge >= 0.3 is 0 Å². The van der Waals surface area contributed by atoms with E-state index in [1.165, 1.54) is 82.2 Å². The van der Waals surface area contributed by atoms with Crippen molar-refractivity contribution in [2.24, 2.45) is 0 Å².